The highest BCUT2D eigenvalue weighted by Crippen LogP contribution is 2.29. The Hall–Kier alpha value is -2.39. The van der Waals surface area contributed by atoms with Gasteiger partial charge >= 0.3 is 12.1 Å². The molecule has 7 nitrogen and oxygen atoms in total. The Bertz CT molecular complexity index is 826. The zero-order valence-electron chi connectivity index (χ0n) is 14.7. The molecule has 2 aliphatic rings. The first kappa shape index (κ1) is 18.0. The van der Waals surface area contributed by atoms with E-state index >= 15 is 0 Å². The maximum atomic E-state index is 13.0. The Labute approximate surface area is 153 Å². The van der Waals surface area contributed by atoms with Crippen LogP contribution in [-0.2, 0) is 15.7 Å². The lowest BCUT2D eigenvalue weighted by atomic mass is 9.86. The number of carbonyl (C=O) groups is 1. The zero-order chi connectivity index (χ0) is 19.0. The van der Waals surface area contributed by atoms with Gasteiger partial charge in [-0.2, -0.15) is 17.7 Å². The molecular weight excluding hydrogens is 363 g/mol. The lowest BCUT2D eigenvalue weighted by molar-refractivity contribution is -0.151. The fraction of sp³-hybridized carbons (Fsp3) is 0.647. The van der Waals surface area contributed by atoms with Gasteiger partial charge in [-0.3, -0.25) is 4.79 Å². The van der Waals surface area contributed by atoms with Crippen LogP contribution in [0.1, 0.15) is 37.9 Å². The first-order valence-electron chi connectivity index (χ1n) is 9.13. The summed E-state index contributed by atoms with van der Waals surface area (Å²) in [6.07, 6.45) is 0.0312. The summed E-state index contributed by atoms with van der Waals surface area (Å²) in [6.45, 7) is 1.57. The van der Waals surface area contributed by atoms with E-state index in [1.165, 1.54) is 12.5 Å². The van der Waals surface area contributed by atoms with E-state index in [1.807, 2.05) is 4.90 Å². The van der Waals surface area contributed by atoms with E-state index in [0.717, 1.165) is 12.8 Å². The Kier molecular flexibility index (Phi) is 4.65. The molecule has 2 aromatic heterocycles. The van der Waals surface area contributed by atoms with Crippen LogP contribution in [0.25, 0.3) is 5.65 Å². The molecule has 3 heterocycles. The van der Waals surface area contributed by atoms with Crippen LogP contribution in [0.5, 0.6) is 0 Å². The fourth-order valence-electron chi connectivity index (χ4n) is 3.45. The topological polar surface area (TPSA) is 72.6 Å². The molecule has 1 aliphatic carbocycles. The van der Waals surface area contributed by atoms with Crippen LogP contribution in [0.15, 0.2) is 12.1 Å². The molecule has 4 rings (SSSR count). The number of aromatic nitrogens is 4. The van der Waals surface area contributed by atoms with Crippen molar-refractivity contribution < 1.29 is 22.7 Å². The number of esters is 1. The minimum absolute atomic E-state index is 0.0422. The van der Waals surface area contributed by atoms with Crippen molar-refractivity contribution in [1.29, 1.82) is 0 Å². The van der Waals surface area contributed by atoms with E-state index < -0.39 is 12.0 Å². The number of anilines is 1. The Morgan fingerprint density at radius 2 is 1.89 bits per heavy atom. The van der Waals surface area contributed by atoms with E-state index in [0.29, 0.717) is 48.8 Å². The smallest absolute Gasteiger partial charge is 0.453 e. The number of carbonyl (C=O) groups excluding carboxylic acids is 1. The SMILES string of the molecule is O=C(OCC1CCC1)C1CCN(c2ccc3nnc(C(F)(F)F)n3n2)CC1. The van der Waals surface area contributed by atoms with Gasteiger partial charge in [0.05, 0.1) is 12.5 Å². The van der Waals surface area contributed by atoms with Crippen LogP contribution in [0.3, 0.4) is 0 Å². The van der Waals surface area contributed by atoms with Crippen molar-refractivity contribution >= 4 is 17.4 Å². The zero-order valence-corrected chi connectivity index (χ0v) is 14.7. The van der Waals surface area contributed by atoms with E-state index in [-0.39, 0.29) is 17.5 Å². The summed E-state index contributed by atoms with van der Waals surface area (Å²) in [5, 5.41) is 10.7. The number of halogens is 3. The van der Waals surface area contributed by atoms with Gasteiger partial charge in [0, 0.05) is 13.1 Å². The molecule has 10 heteroatoms. The molecule has 1 saturated heterocycles. The molecule has 1 aliphatic heterocycles. The molecule has 0 spiro atoms. The van der Waals surface area contributed by atoms with Gasteiger partial charge in [-0.15, -0.1) is 15.3 Å². The fourth-order valence-corrected chi connectivity index (χ4v) is 3.45. The lowest BCUT2D eigenvalue weighted by Gasteiger charge is -2.32. The van der Waals surface area contributed by atoms with Gasteiger partial charge in [-0.1, -0.05) is 6.42 Å². The second-order valence-electron chi connectivity index (χ2n) is 7.17. The van der Waals surface area contributed by atoms with Gasteiger partial charge in [0.2, 0.25) is 0 Å². The second-order valence-corrected chi connectivity index (χ2v) is 7.17. The maximum Gasteiger partial charge on any atom is 0.453 e. The summed E-state index contributed by atoms with van der Waals surface area (Å²) in [5.41, 5.74) is 0.0422. The summed E-state index contributed by atoms with van der Waals surface area (Å²) >= 11 is 0. The average Bonchev–Trinajstić information content (AvgIpc) is 3.04. The number of hydrogen-bond donors (Lipinski definition) is 0. The van der Waals surface area contributed by atoms with E-state index in [9.17, 15) is 18.0 Å². The van der Waals surface area contributed by atoms with Gasteiger partial charge in [0.1, 0.15) is 5.82 Å². The number of alkyl halides is 3. The molecule has 27 heavy (non-hydrogen) atoms. The minimum atomic E-state index is -4.62. The van der Waals surface area contributed by atoms with Crippen LogP contribution in [0.4, 0.5) is 19.0 Å². The molecule has 2 fully saturated rings. The predicted molar refractivity (Wildman–Crippen MR) is 89.0 cm³/mol. The van der Waals surface area contributed by atoms with Crippen molar-refractivity contribution in [3.8, 4) is 0 Å². The van der Waals surface area contributed by atoms with Crippen LogP contribution < -0.4 is 4.90 Å². The van der Waals surface area contributed by atoms with Gasteiger partial charge < -0.3 is 9.64 Å². The van der Waals surface area contributed by atoms with Gasteiger partial charge in [0.25, 0.3) is 5.82 Å². The molecule has 0 aromatic carbocycles. The highest BCUT2D eigenvalue weighted by Gasteiger charge is 2.38. The third-order valence-corrected chi connectivity index (χ3v) is 5.34. The summed E-state index contributed by atoms with van der Waals surface area (Å²) in [5.74, 6) is -0.548. The first-order chi connectivity index (χ1) is 12.9. The maximum absolute atomic E-state index is 13.0. The Morgan fingerprint density at radius 1 is 1.15 bits per heavy atom. The van der Waals surface area contributed by atoms with Gasteiger partial charge in [-0.25, -0.2) is 0 Å². The van der Waals surface area contributed by atoms with Crippen molar-refractivity contribution in [2.24, 2.45) is 11.8 Å². The molecule has 0 amide bonds. The van der Waals surface area contributed by atoms with E-state index in [1.54, 1.807) is 6.07 Å². The molecule has 1 saturated carbocycles. The van der Waals surface area contributed by atoms with Crippen LogP contribution in [-0.4, -0.2) is 45.5 Å². The molecule has 0 N–H and O–H groups in total. The lowest BCUT2D eigenvalue weighted by Crippen LogP contribution is -2.38. The largest absolute Gasteiger partial charge is 0.465 e. The van der Waals surface area contributed by atoms with Crippen molar-refractivity contribution in [3.05, 3.63) is 18.0 Å². The second kappa shape index (κ2) is 6.97. The molecule has 0 radical (unpaired) electrons. The monoisotopic (exact) mass is 383 g/mol. The van der Waals surface area contributed by atoms with Gasteiger partial charge in [0.15, 0.2) is 5.65 Å². The number of piperidine rings is 1. The molecular formula is C17H20F3N5O2. The summed E-state index contributed by atoms with van der Waals surface area (Å²) in [4.78, 5) is 14.0. The van der Waals surface area contributed by atoms with Gasteiger partial charge in [-0.05, 0) is 43.7 Å². The van der Waals surface area contributed by atoms with E-state index in [4.69, 9.17) is 4.74 Å². The van der Waals surface area contributed by atoms with Crippen molar-refractivity contribution in [3.63, 3.8) is 0 Å². The van der Waals surface area contributed by atoms with Crippen molar-refractivity contribution in [1.82, 2.24) is 19.8 Å². The highest BCUT2D eigenvalue weighted by molar-refractivity contribution is 5.72. The predicted octanol–water partition coefficient (Wildman–Crippen LogP) is 2.70. The number of ether oxygens (including phenoxy) is 1. The quantitative estimate of drug-likeness (QED) is 0.756. The number of hydrogen-bond acceptors (Lipinski definition) is 6. The average molecular weight is 383 g/mol. The van der Waals surface area contributed by atoms with Crippen LogP contribution in [0, 0.1) is 11.8 Å². The van der Waals surface area contributed by atoms with Crippen LogP contribution >= 0.6 is 0 Å². The summed E-state index contributed by atoms with van der Waals surface area (Å²) < 4.78 is 45.1. The number of nitrogens with zero attached hydrogens (tertiary/aromatic N) is 5. The highest BCUT2D eigenvalue weighted by atomic mass is 19.4. The third-order valence-electron chi connectivity index (χ3n) is 5.34. The Morgan fingerprint density at radius 3 is 2.52 bits per heavy atom. The van der Waals surface area contributed by atoms with Crippen molar-refractivity contribution in [2.45, 2.75) is 38.3 Å². The van der Waals surface area contributed by atoms with Crippen LogP contribution in [0.2, 0.25) is 0 Å². The number of fused-ring (bicyclic) bond motifs is 1. The third kappa shape index (κ3) is 3.70. The molecule has 0 unspecified atom stereocenters. The molecule has 2 aromatic rings. The van der Waals surface area contributed by atoms with Crippen molar-refractivity contribution in [2.75, 3.05) is 24.6 Å². The number of rotatable bonds is 4. The molecule has 0 bridgehead atoms. The normalized spacial score (nSPS) is 19.3. The Balaban J connectivity index is 1.39. The van der Waals surface area contributed by atoms with E-state index in [2.05, 4.69) is 15.3 Å². The molecule has 0 atom stereocenters. The molecule has 146 valence electrons. The minimum Gasteiger partial charge on any atom is -0.465 e. The standard InChI is InChI=1S/C17H20F3N5O2/c18-17(19,20)16-22-21-13-4-5-14(23-25(13)16)24-8-6-12(7-9-24)15(26)27-10-11-2-1-3-11/h4-5,11-12H,1-3,6-10H2. The summed E-state index contributed by atoms with van der Waals surface area (Å²) in [6, 6.07) is 3.09. The first-order valence-corrected chi connectivity index (χ1v) is 9.13. The summed E-state index contributed by atoms with van der Waals surface area (Å²) in [7, 11) is 0.